The number of rotatable bonds is 9. The van der Waals surface area contributed by atoms with Gasteiger partial charge in [-0.05, 0) is 18.8 Å². The van der Waals surface area contributed by atoms with Gasteiger partial charge in [-0.1, -0.05) is 27.7 Å². The summed E-state index contributed by atoms with van der Waals surface area (Å²) >= 11 is 0. The predicted octanol–water partition coefficient (Wildman–Crippen LogP) is 2.95. The summed E-state index contributed by atoms with van der Waals surface area (Å²) in [6.07, 6.45) is 2.47. The highest BCUT2D eigenvalue weighted by atomic mass is 16.5. The van der Waals surface area contributed by atoms with Crippen LogP contribution in [0.25, 0.3) is 0 Å². The van der Waals surface area contributed by atoms with E-state index in [0.717, 1.165) is 12.8 Å². The van der Waals surface area contributed by atoms with E-state index in [1.807, 2.05) is 27.7 Å². The third-order valence-electron chi connectivity index (χ3n) is 2.77. The molecule has 0 aliphatic rings. The summed E-state index contributed by atoms with van der Waals surface area (Å²) in [5, 5.41) is 0. The highest BCUT2D eigenvalue weighted by Gasteiger charge is 2.18. The van der Waals surface area contributed by atoms with Crippen molar-refractivity contribution in [3.63, 3.8) is 0 Å². The molecule has 106 valence electrons. The fourth-order valence-corrected chi connectivity index (χ4v) is 1.39. The van der Waals surface area contributed by atoms with Crippen LogP contribution in [0.15, 0.2) is 0 Å². The zero-order chi connectivity index (χ0) is 14.0. The van der Waals surface area contributed by atoms with Crippen molar-refractivity contribution in [3.8, 4) is 0 Å². The van der Waals surface area contributed by atoms with E-state index in [1.165, 1.54) is 0 Å². The van der Waals surface area contributed by atoms with E-state index in [9.17, 15) is 9.59 Å². The Balaban J connectivity index is 3.99. The number of carbonyl (C=O) groups is 2. The molecule has 4 heteroatoms. The minimum Gasteiger partial charge on any atom is -0.465 e. The van der Waals surface area contributed by atoms with E-state index in [0.29, 0.717) is 32.0 Å². The Hall–Kier alpha value is -1.06. The Morgan fingerprint density at radius 2 is 1.28 bits per heavy atom. The third kappa shape index (κ3) is 8.09. The highest BCUT2D eigenvalue weighted by Crippen LogP contribution is 2.13. The Morgan fingerprint density at radius 1 is 0.889 bits per heavy atom. The van der Waals surface area contributed by atoms with Crippen LogP contribution < -0.4 is 0 Å². The Bertz CT molecular complexity index is 226. The molecular formula is C14H26O4. The Kier molecular flexibility index (Phi) is 9.33. The summed E-state index contributed by atoms with van der Waals surface area (Å²) in [6.45, 7) is 8.60. The quantitative estimate of drug-likeness (QED) is 0.597. The van der Waals surface area contributed by atoms with Crippen molar-refractivity contribution in [1.29, 1.82) is 0 Å². The second kappa shape index (κ2) is 9.92. The van der Waals surface area contributed by atoms with Gasteiger partial charge in [0.05, 0.1) is 13.2 Å². The fraction of sp³-hybridized carbons (Fsp3) is 0.857. The second-order valence-corrected chi connectivity index (χ2v) is 4.87. The minimum absolute atomic E-state index is 0.0756. The first-order chi connectivity index (χ1) is 8.51. The summed E-state index contributed by atoms with van der Waals surface area (Å²) in [6, 6.07) is 0. The summed E-state index contributed by atoms with van der Waals surface area (Å²) in [4.78, 5) is 22.6. The van der Waals surface area contributed by atoms with Gasteiger partial charge in [0.2, 0.25) is 0 Å². The molecule has 0 amide bonds. The second-order valence-electron chi connectivity index (χ2n) is 4.87. The van der Waals surface area contributed by atoms with Crippen LogP contribution in [0, 0.1) is 11.8 Å². The maximum absolute atomic E-state index is 11.3. The van der Waals surface area contributed by atoms with Crippen LogP contribution in [0.3, 0.4) is 0 Å². The monoisotopic (exact) mass is 258 g/mol. The van der Waals surface area contributed by atoms with E-state index in [-0.39, 0.29) is 17.9 Å². The summed E-state index contributed by atoms with van der Waals surface area (Å²) < 4.78 is 10.3. The SMILES string of the molecule is CCCC(=O)OCC(COC(=O)CCC)C(C)C. The van der Waals surface area contributed by atoms with Crippen molar-refractivity contribution < 1.29 is 19.1 Å². The van der Waals surface area contributed by atoms with Gasteiger partial charge in [0, 0.05) is 18.8 Å². The van der Waals surface area contributed by atoms with Crippen molar-refractivity contribution in [2.45, 2.75) is 53.4 Å². The number of ether oxygens (including phenoxy) is 2. The van der Waals surface area contributed by atoms with Crippen molar-refractivity contribution in [2.24, 2.45) is 11.8 Å². The van der Waals surface area contributed by atoms with Crippen LogP contribution in [-0.4, -0.2) is 25.2 Å². The Morgan fingerprint density at radius 3 is 1.56 bits per heavy atom. The number of hydrogen-bond acceptors (Lipinski definition) is 4. The molecule has 0 aliphatic carbocycles. The van der Waals surface area contributed by atoms with Gasteiger partial charge < -0.3 is 9.47 Å². The smallest absolute Gasteiger partial charge is 0.305 e. The number of hydrogen-bond donors (Lipinski definition) is 0. The molecule has 0 spiro atoms. The topological polar surface area (TPSA) is 52.6 Å². The maximum Gasteiger partial charge on any atom is 0.305 e. The third-order valence-corrected chi connectivity index (χ3v) is 2.77. The molecule has 0 saturated carbocycles. The van der Waals surface area contributed by atoms with Crippen LogP contribution in [-0.2, 0) is 19.1 Å². The van der Waals surface area contributed by atoms with Crippen LogP contribution in [0.5, 0.6) is 0 Å². The van der Waals surface area contributed by atoms with Gasteiger partial charge in [-0.3, -0.25) is 9.59 Å². The average Bonchev–Trinajstić information content (AvgIpc) is 2.29. The molecule has 0 aliphatic heterocycles. The lowest BCUT2D eigenvalue weighted by Crippen LogP contribution is -2.25. The predicted molar refractivity (Wildman–Crippen MR) is 70.1 cm³/mol. The molecule has 18 heavy (non-hydrogen) atoms. The summed E-state index contributed by atoms with van der Waals surface area (Å²) in [5.41, 5.74) is 0. The van der Waals surface area contributed by atoms with E-state index < -0.39 is 0 Å². The molecule has 0 heterocycles. The van der Waals surface area contributed by atoms with E-state index in [2.05, 4.69) is 0 Å². The molecule has 0 aromatic heterocycles. The van der Waals surface area contributed by atoms with Gasteiger partial charge in [-0.25, -0.2) is 0 Å². The first-order valence-electron chi connectivity index (χ1n) is 6.82. The lowest BCUT2D eigenvalue weighted by Gasteiger charge is -2.20. The number of esters is 2. The molecule has 0 radical (unpaired) electrons. The highest BCUT2D eigenvalue weighted by molar-refractivity contribution is 5.69. The average molecular weight is 258 g/mol. The lowest BCUT2D eigenvalue weighted by molar-refractivity contribution is -0.150. The van der Waals surface area contributed by atoms with Crippen molar-refractivity contribution >= 4 is 11.9 Å². The Labute approximate surface area is 110 Å². The maximum atomic E-state index is 11.3. The summed E-state index contributed by atoms with van der Waals surface area (Å²) in [5.74, 6) is 0.0338. The zero-order valence-corrected chi connectivity index (χ0v) is 12.0. The van der Waals surface area contributed by atoms with Gasteiger partial charge in [-0.2, -0.15) is 0 Å². The van der Waals surface area contributed by atoms with Crippen LogP contribution in [0.2, 0.25) is 0 Å². The van der Waals surface area contributed by atoms with Gasteiger partial charge in [0.1, 0.15) is 0 Å². The van der Waals surface area contributed by atoms with Crippen molar-refractivity contribution in [3.05, 3.63) is 0 Å². The first kappa shape index (κ1) is 16.9. The molecular weight excluding hydrogens is 232 g/mol. The van der Waals surface area contributed by atoms with Crippen molar-refractivity contribution in [1.82, 2.24) is 0 Å². The first-order valence-corrected chi connectivity index (χ1v) is 6.82. The van der Waals surface area contributed by atoms with Crippen molar-refractivity contribution in [2.75, 3.05) is 13.2 Å². The molecule has 0 rings (SSSR count). The molecule has 0 saturated heterocycles. The molecule has 0 aromatic carbocycles. The molecule has 0 bridgehead atoms. The molecule has 4 nitrogen and oxygen atoms in total. The molecule has 0 N–H and O–H groups in total. The van der Waals surface area contributed by atoms with Gasteiger partial charge in [0.15, 0.2) is 0 Å². The fourth-order valence-electron chi connectivity index (χ4n) is 1.39. The molecule has 0 fully saturated rings. The molecule has 0 unspecified atom stereocenters. The van der Waals surface area contributed by atoms with E-state index in [1.54, 1.807) is 0 Å². The summed E-state index contributed by atoms with van der Waals surface area (Å²) in [7, 11) is 0. The van der Waals surface area contributed by atoms with Crippen LogP contribution in [0.1, 0.15) is 53.4 Å². The molecule has 0 atom stereocenters. The van der Waals surface area contributed by atoms with Gasteiger partial charge in [0.25, 0.3) is 0 Å². The standard InChI is InChI=1S/C14H26O4/c1-5-7-13(15)17-9-12(11(3)4)10-18-14(16)8-6-2/h11-12H,5-10H2,1-4H3. The minimum atomic E-state index is -0.178. The normalized spacial score (nSPS) is 10.8. The number of carbonyl (C=O) groups excluding carboxylic acids is 2. The largest absolute Gasteiger partial charge is 0.465 e. The zero-order valence-electron chi connectivity index (χ0n) is 12.0. The lowest BCUT2D eigenvalue weighted by atomic mass is 9.98. The van der Waals surface area contributed by atoms with Crippen LogP contribution >= 0.6 is 0 Å². The van der Waals surface area contributed by atoms with E-state index >= 15 is 0 Å². The van der Waals surface area contributed by atoms with Gasteiger partial charge in [-0.15, -0.1) is 0 Å². The molecule has 0 aromatic rings. The van der Waals surface area contributed by atoms with Gasteiger partial charge >= 0.3 is 11.9 Å². The van der Waals surface area contributed by atoms with E-state index in [4.69, 9.17) is 9.47 Å². The van der Waals surface area contributed by atoms with Crippen LogP contribution in [0.4, 0.5) is 0 Å².